The highest BCUT2D eigenvalue weighted by molar-refractivity contribution is 6.15. The van der Waals surface area contributed by atoms with Gasteiger partial charge in [0, 0.05) is 16.5 Å². The van der Waals surface area contributed by atoms with Crippen LogP contribution in [-0.4, -0.2) is 10.8 Å². The van der Waals surface area contributed by atoms with Crippen LogP contribution in [0.3, 0.4) is 0 Å². The van der Waals surface area contributed by atoms with Crippen molar-refractivity contribution in [2.75, 3.05) is 0 Å². The van der Waals surface area contributed by atoms with E-state index in [0.29, 0.717) is 33.5 Å². The molecule has 0 aliphatic carbocycles. The Balaban J connectivity index is 1.79. The molecule has 0 unspecified atom stereocenters. The van der Waals surface area contributed by atoms with Gasteiger partial charge in [-0.15, -0.1) is 0 Å². The van der Waals surface area contributed by atoms with Gasteiger partial charge in [0.2, 0.25) is 0 Å². The van der Waals surface area contributed by atoms with E-state index in [0.717, 1.165) is 23.1 Å². The topological polar surface area (TPSA) is 30.0 Å². The third-order valence-corrected chi connectivity index (χ3v) is 5.95. The summed E-state index contributed by atoms with van der Waals surface area (Å²) in [6.07, 6.45) is -4.30. The van der Waals surface area contributed by atoms with E-state index in [4.69, 9.17) is 4.98 Å². The van der Waals surface area contributed by atoms with Crippen LogP contribution in [0, 0.1) is 0 Å². The van der Waals surface area contributed by atoms with E-state index >= 15 is 0 Å². The first-order valence-corrected chi connectivity index (χ1v) is 11.1. The fourth-order valence-corrected chi connectivity index (χ4v) is 4.31. The van der Waals surface area contributed by atoms with E-state index in [1.807, 2.05) is 60.7 Å². The summed E-state index contributed by atoms with van der Waals surface area (Å²) in [7, 11) is 0. The van der Waals surface area contributed by atoms with Crippen molar-refractivity contribution >= 4 is 16.7 Å². The zero-order valence-corrected chi connectivity index (χ0v) is 18.6. The van der Waals surface area contributed by atoms with Crippen LogP contribution in [-0.2, 0) is 12.6 Å². The Bertz CT molecular complexity index is 1510. The Morgan fingerprint density at radius 1 is 0.743 bits per heavy atom. The predicted octanol–water partition coefficient (Wildman–Crippen LogP) is 7.74. The van der Waals surface area contributed by atoms with Crippen LogP contribution in [0.15, 0.2) is 109 Å². The van der Waals surface area contributed by atoms with Crippen molar-refractivity contribution in [3.05, 3.63) is 137 Å². The lowest BCUT2D eigenvalue weighted by atomic mass is 9.88. The second-order valence-corrected chi connectivity index (χ2v) is 8.27. The maximum absolute atomic E-state index is 13.9. The highest BCUT2D eigenvalue weighted by atomic mass is 19.4. The van der Waals surface area contributed by atoms with Gasteiger partial charge in [-0.25, -0.2) is 4.98 Å². The number of carbonyl (C=O) groups excluding carboxylic acids is 1. The normalized spacial score (nSPS) is 11.5. The lowest BCUT2D eigenvalue weighted by Crippen LogP contribution is -2.11. The molecule has 172 valence electrons. The van der Waals surface area contributed by atoms with E-state index < -0.39 is 11.7 Å². The highest BCUT2D eigenvalue weighted by Gasteiger charge is 2.31. The van der Waals surface area contributed by atoms with Gasteiger partial charge in [-0.1, -0.05) is 97.1 Å². The molecule has 4 aromatic carbocycles. The van der Waals surface area contributed by atoms with Crippen LogP contribution in [0.2, 0.25) is 0 Å². The molecule has 0 radical (unpaired) electrons. The standard InChI is InChI=1S/C30H20F3NO/c31-30(32,33)23-15-9-10-20(18-23)19-25-24-16-7-8-17-26(24)34-28(21-11-3-1-4-12-21)27(25)29(35)22-13-5-2-6-14-22/h1-18H,19H2. The smallest absolute Gasteiger partial charge is 0.289 e. The van der Waals surface area contributed by atoms with Crippen molar-refractivity contribution in [1.82, 2.24) is 4.98 Å². The molecule has 0 aliphatic rings. The predicted molar refractivity (Wildman–Crippen MR) is 131 cm³/mol. The number of halogens is 3. The quantitative estimate of drug-likeness (QED) is 0.248. The summed E-state index contributed by atoms with van der Waals surface area (Å²) in [6.45, 7) is 0. The highest BCUT2D eigenvalue weighted by Crippen LogP contribution is 2.35. The molecule has 5 aromatic rings. The largest absolute Gasteiger partial charge is 0.416 e. The van der Waals surface area contributed by atoms with E-state index in [1.165, 1.54) is 6.07 Å². The lowest BCUT2D eigenvalue weighted by Gasteiger charge is -2.18. The number of benzene rings is 4. The van der Waals surface area contributed by atoms with Crippen LogP contribution < -0.4 is 0 Å². The monoisotopic (exact) mass is 467 g/mol. The average molecular weight is 467 g/mol. The minimum absolute atomic E-state index is 0.153. The Morgan fingerprint density at radius 2 is 1.40 bits per heavy atom. The molecule has 5 rings (SSSR count). The first-order valence-electron chi connectivity index (χ1n) is 11.1. The molecule has 0 N–H and O–H groups in total. The molecule has 1 heterocycles. The molecule has 0 fully saturated rings. The van der Waals surface area contributed by atoms with Crippen LogP contribution in [0.4, 0.5) is 13.2 Å². The summed E-state index contributed by atoms with van der Waals surface area (Å²) in [5, 5.41) is 0.740. The Kier molecular flexibility index (Phi) is 5.91. The molecule has 1 aromatic heterocycles. The second-order valence-electron chi connectivity index (χ2n) is 8.27. The molecular formula is C30H20F3NO. The molecule has 0 saturated carbocycles. The molecule has 0 saturated heterocycles. The number of carbonyl (C=O) groups is 1. The maximum atomic E-state index is 13.9. The number of alkyl halides is 3. The third-order valence-electron chi connectivity index (χ3n) is 5.95. The van der Waals surface area contributed by atoms with E-state index in [1.54, 1.807) is 30.3 Å². The van der Waals surface area contributed by atoms with Crippen LogP contribution in [0.1, 0.15) is 32.6 Å². The first-order chi connectivity index (χ1) is 16.9. The molecule has 5 heteroatoms. The summed E-state index contributed by atoms with van der Waals surface area (Å²) in [5.41, 5.74) is 3.26. The fourth-order valence-electron chi connectivity index (χ4n) is 4.31. The fraction of sp³-hybridized carbons (Fsp3) is 0.0667. The van der Waals surface area contributed by atoms with E-state index in [2.05, 4.69) is 0 Å². The van der Waals surface area contributed by atoms with Crippen LogP contribution in [0.5, 0.6) is 0 Å². The SMILES string of the molecule is O=C(c1ccccc1)c1c(-c2ccccc2)nc2ccccc2c1Cc1cccc(C(F)(F)F)c1. The van der Waals surface area contributed by atoms with Crippen molar-refractivity contribution in [1.29, 1.82) is 0 Å². The minimum Gasteiger partial charge on any atom is -0.289 e. The van der Waals surface area contributed by atoms with Gasteiger partial charge in [0.25, 0.3) is 0 Å². The number of fused-ring (bicyclic) bond motifs is 1. The summed E-state index contributed by atoms with van der Waals surface area (Å²) in [5.74, 6) is -0.218. The average Bonchev–Trinajstić information content (AvgIpc) is 2.89. The van der Waals surface area contributed by atoms with Gasteiger partial charge in [-0.2, -0.15) is 13.2 Å². The molecule has 0 bridgehead atoms. The number of hydrogen-bond acceptors (Lipinski definition) is 2. The van der Waals surface area contributed by atoms with Crippen molar-refractivity contribution in [2.24, 2.45) is 0 Å². The number of pyridine rings is 1. The number of rotatable bonds is 5. The summed E-state index contributed by atoms with van der Waals surface area (Å²) in [6, 6.07) is 30.9. The molecular weight excluding hydrogens is 447 g/mol. The van der Waals surface area contributed by atoms with Gasteiger partial charge < -0.3 is 0 Å². The van der Waals surface area contributed by atoms with E-state index in [9.17, 15) is 18.0 Å². The number of ketones is 1. The molecule has 0 spiro atoms. The second kappa shape index (κ2) is 9.18. The van der Waals surface area contributed by atoms with Gasteiger partial charge in [0.1, 0.15) is 0 Å². The first kappa shape index (κ1) is 22.5. The summed E-state index contributed by atoms with van der Waals surface area (Å²) in [4.78, 5) is 18.8. The zero-order valence-electron chi connectivity index (χ0n) is 18.6. The Hall–Kier alpha value is -4.25. The number of para-hydroxylation sites is 1. The maximum Gasteiger partial charge on any atom is 0.416 e. The van der Waals surface area contributed by atoms with Gasteiger partial charge in [-0.05, 0) is 29.7 Å². The Labute approximate surface area is 200 Å². The van der Waals surface area contributed by atoms with Crippen molar-refractivity contribution in [2.45, 2.75) is 12.6 Å². The molecule has 35 heavy (non-hydrogen) atoms. The Morgan fingerprint density at radius 3 is 2.11 bits per heavy atom. The van der Waals surface area contributed by atoms with Crippen molar-refractivity contribution in [3.8, 4) is 11.3 Å². The summed E-state index contributed by atoms with van der Waals surface area (Å²) < 4.78 is 40.2. The van der Waals surface area contributed by atoms with Crippen molar-refractivity contribution in [3.63, 3.8) is 0 Å². The zero-order chi connectivity index (χ0) is 24.4. The van der Waals surface area contributed by atoms with Gasteiger partial charge in [0.05, 0.1) is 22.3 Å². The van der Waals surface area contributed by atoms with Crippen LogP contribution >= 0.6 is 0 Å². The molecule has 2 nitrogen and oxygen atoms in total. The van der Waals surface area contributed by atoms with Gasteiger partial charge >= 0.3 is 6.18 Å². The van der Waals surface area contributed by atoms with Crippen LogP contribution in [0.25, 0.3) is 22.2 Å². The molecule has 0 aliphatic heterocycles. The molecule has 0 atom stereocenters. The van der Waals surface area contributed by atoms with E-state index in [-0.39, 0.29) is 12.2 Å². The minimum atomic E-state index is -4.45. The number of hydrogen-bond donors (Lipinski definition) is 0. The third kappa shape index (κ3) is 4.58. The molecule has 0 amide bonds. The number of nitrogens with zero attached hydrogens (tertiary/aromatic N) is 1. The number of aromatic nitrogens is 1. The van der Waals surface area contributed by atoms with Gasteiger partial charge in [0.15, 0.2) is 5.78 Å². The van der Waals surface area contributed by atoms with Crippen molar-refractivity contribution < 1.29 is 18.0 Å². The van der Waals surface area contributed by atoms with Gasteiger partial charge in [-0.3, -0.25) is 4.79 Å². The lowest BCUT2D eigenvalue weighted by molar-refractivity contribution is -0.137. The summed E-state index contributed by atoms with van der Waals surface area (Å²) >= 11 is 0.